The van der Waals surface area contributed by atoms with Crippen LogP contribution in [0.5, 0.6) is 0 Å². The Morgan fingerprint density at radius 3 is 2.52 bits per heavy atom. The maximum absolute atomic E-state index is 12.1. The van der Waals surface area contributed by atoms with Crippen molar-refractivity contribution in [3.05, 3.63) is 29.8 Å². The number of sulfonamides is 1. The number of rotatable bonds is 6. The smallest absolute Gasteiger partial charge is 0.242 e. The molecule has 27 heavy (non-hydrogen) atoms. The Morgan fingerprint density at radius 1 is 1.30 bits per heavy atom. The van der Waals surface area contributed by atoms with Crippen molar-refractivity contribution in [1.29, 1.82) is 0 Å². The van der Waals surface area contributed by atoms with Gasteiger partial charge in [-0.25, -0.2) is 17.7 Å². The summed E-state index contributed by atoms with van der Waals surface area (Å²) >= 11 is 2.04. The van der Waals surface area contributed by atoms with Crippen LogP contribution >= 0.6 is 35.7 Å². The Balaban J connectivity index is 0.00000364. The van der Waals surface area contributed by atoms with Gasteiger partial charge >= 0.3 is 0 Å². The fourth-order valence-electron chi connectivity index (χ4n) is 2.73. The van der Waals surface area contributed by atoms with Gasteiger partial charge in [0.15, 0.2) is 5.96 Å². The second kappa shape index (κ2) is 11.5. The lowest BCUT2D eigenvalue weighted by Gasteiger charge is -2.34. The van der Waals surface area contributed by atoms with Crippen LogP contribution in [0.1, 0.15) is 25.8 Å². The van der Waals surface area contributed by atoms with Gasteiger partial charge in [0.2, 0.25) is 10.0 Å². The van der Waals surface area contributed by atoms with Crippen LogP contribution < -0.4 is 5.32 Å². The van der Waals surface area contributed by atoms with Crippen molar-refractivity contribution < 1.29 is 8.42 Å². The number of thioether (sulfide) groups is 1. The third-order valence-corrected chi connectivity index (χ3v) is 7.54. The zero-order valence-electron chi connectivity index (χ0n) is 16.5. The van der Waals surface area contributed by atoms with Gasteiger partial charge in [-0.2, -0.15) is 11.8 Å². The maximum atomic E-state index is 12.1. The molecule has 1 aromatic carbocycles. The molecule has 1 N–H and O–H groups in total. The normalized spacial score (nSPS) is 18.3. The molecule has 1 fully saturated rings. The summed E-state index contributed by atoms with van der Waals surface area (Å²) in [6.07, 6.45) is 1.17. The minimum absolute atomic E-state index is 0. The zero-order valence-corrected chi connectivity index (χ0v) is 20.5. The van der Waals surface area contributed by atoms with Crippen LogP contribution in [0.15, 0.2) is 34.2 Å². The average molecular weight is 527 g/mol. The summed E-state index contributed by atoms with van der Waals surface area (Å²) in [6.45, 7) is 7.70. The molecule has 1 unspecified atom stereocenters. The second-order valence-corrected chi connectivity index (χ2v) is 10.0. The van der Waals surface area contributed by atoms with Crippen molar-refractivity contribution in [3.8, 4) is 0 Å². The molecular weight excluding hydrogens is 495 g/mol. The number of hydrogen-bond donors (Lipinski definition) is 1. The second-order valence-electron chi connectivity index (χ2n) is 6.45. The summed E-state index contributed by atoms with van der Waals surface area (Å²) in [5, 5.41) is 4.04. The van der Waals surface area contributed by atoms with E-state index in [0.717, 1.165) is 36.9 Å². The summed E-state index contributed by atoms with van der Waals surface area (Å²) in [7, 11) is -0.308. The molecule has 6 nitrogen and oxygen atoms in total. The molecule has 0 aliphatic carbocycles. The number of halogens is 1. The molecule has 1 saturated heterocycles. The summed E-state index contributed by atoms with van der Waals surface area (Å²) in [6, 6.07) is 6.98. The lowest BCUT2D eigenvalue weighted by molar-refractivity contribution is 0.408. The van der Waals surface area contributed by atoms with Crippen molar-refractivity contribution in [2.45, 2.75) is 37.0 Å². The molecule has 0 aromatic heterocycles. The predicted octanol–water partition coefficient (Wildman–Crippen LogP) is 2.85. The Bertz CT molecular complexity index is 709. The quantitative estimate of drug-likeness (QED) is 0.351. The van der Waals surface area contributed by atoms with Crippen molar-refractivity contribution in [3.63, 3.8) is 0 Å². The van der Waals surface area contributed by atoms with Gasteiger partial charge in [-0.3, -0.25) is 0 Å². The molecule has 9 heteroatoms. The van der Waals surface area contributed by atoms with E-state index in [1.165, 1.54) is 24.8 Å². The van der Waals surface area contributed by atoms with E-state index in [-0.39, 0.29) is 24.0 Å². The highest BCUT2D eigenvalue weighted by Crippen LogP contribution is 2.21. The van der Waals surface area contributed by atoms with E-state index >= 15 is 0 Å². The fourth-order valence-corrected chi connectivity index (χ4v) is 4.81. The summed E-state index contributed by atoms with van der Waals surface area (Å²) in [5.41, 5.74) is 0.997. The van der Waals surface area contributed by atoms with E-state index in [4.69, 9.17) is 4.99 Å². The number of guanidine groups is 1. The summed E-state index contributed by atoms with van der Waals surface area (Å²) < 4.78 is 25.5. The standard InChI is InChI=1S/C18H30N4O2S2.HI/c1-5-16-14-22(11-12-25-16)18(19-6-2)20-13-15-7-9-17(10-8-15)26(23,24)21(3)4;/h7-10,16H,5-6,11-14H2,1-4H3,(H,19,20);1H. The monoisotopic (exact) mass is 526 g/mol. The largest absolute Gasteiger partial charge is 0.357 e. The third kappa shape index (κ3) is 6.79. The highest BCUT2D eigenvalue weighted by atomic mass is 127. The molecular formula is C18H31IN4O2S2. The van der Waals surface area contributed by atoms with Crippen molar-refractivity contribution in [2.75, 3.05) is 39.5 Å². The molecule has 0 bridgehead atoms. The van der Waals surface area contributed by atoms with E-state index in [9.17, 15) is 8.42 Å². The molecule has 2 rings (SSSR count). The zero-order chi connectivity index (χ0) is 19.2. The van der Waals surface area contributed by atoms with Crippen LogP contribution in [0, 0.1) is 0 Å². The SMILES string of the molecule is CCNC(=NCc1ccc(S(=O)(=O)N(C)C)cc1)N1CCSC(CC)C1.I. The molecule has 1 heterocycles. The van der Waals surface area contributed by atoms with Gasteiger partial charge in [0, 0.05) is 44.7 Å². The van der Waals surface area contributed by atoms with E-state index < -0.39 is 10.0 Å². The fraction of sp³-hybridized carbons (Fsp3) is 0.611. The summed E-state index contributed by atoms with van der Waals surface area (Å²) in [5.74, 6) is 2.07. The average Bonchev–Trinajstić information content (AvgIpc) is 2.65. The molecule has 0 spiro atoms. The highest BCUT2D eigenvalue weighted by Gasteiger charge is 2.21. The number of nitrogens with one attached hydrogen (secondary N) is 1. The van der Waals surface area contributed by atoms with E-state index in [1.54, 1.807) is 12.1 Å². The lowest BCUT2D eigenvalue weighted by atomic mass is 10.2. The molecule has 1 aliphatic heterocycles. The topological polar surface area (TPSA) is 65.0 Å². The maximum Gasteiger partial charge on any atom is 0.242 e. The molecule has 1 aliphatic rings. The molecule has 0 saturated carbocycles. The number of aliphatic imine (C=N–C) groups is 1. The molecule has 1 atom stereocenters. The first kappa shape index (κ1) is 24.5. The Kier molecular flexibility index (Phi) is 10.4. The Morgan fingerprint density at radius 2 is 1.96 bits per heavy atom. The molecule has 0 amide bonds. The van der Waals surface area contributed by atoms with Crippen molar-refractivity contribution in [1.82, 2.24) is 14.5 Å². The van der Waals surface area contributed by atoms with Gasteiger partial charge in [0.1, 0.15) is 0 Å². The van der Waals surface area contributed by atoms with Crippen molar-refractivity contribution >= 4 is 51.7 Å². The Hall–Kier alpha value is -0.520. The highest BCUT2D eigenvalue weighted by molar-refractivity contribution is 14.0. The van der Waals surface area contributed by atoms with Crippen LogP contribution in [0.2, 0.25) is 0 Å². The minimum atomic E-state index is -3.39. The number of benzene rings is 1. The first-order chi connectivity index (χ1) is 12.4. The molecule has 1 aromatic rings. The van der Waals surface area contributed by atoms with E-state index in [2.05, 4.69) is 24.1 Å². The van der Waals surface area contributed by atoms with Crippen LogP contribution in [0.4, 0.5) is 0 Å². The molecule has 154 valence electrons. The van der Waals surface area contributed by atoms with Gasteiger partial charge in [0.05, 0.1) is 11.4 Å². The summed E-state index contributed by atoms with van der Waals surface area (Å²) in [4.78, 5) is 7.40. The van der Waals surface area contributed by atoms with Crippen LogP contribution in [-0.2, 0) is 16.6 Å². The first-order valence-electron chi connectivity index (χ1n) is 9.04. The Labute approximate surface area is 185 Å². The van der Waals surface area contributed by atoms with E-state index in [0.29, 0.717) is 16.7 Å². The van der Waals surface area contributed by atoms with Gasteiger partial charge < -0.3 is 10.2 Å². The van der Waals surface area contributed by atoms with E-state index in [1.807, 2.05) is 23.9 Å². The van der Waals surface area contributed by atoms with Crippen molar-refractivity contribution in [2.24, 2.45) is 4.99 Å². The van der Waals surface area contributed by atoms with Crippen LogP contribution in [-0.4, -0.2) is 68.3 Å². The lowest BCUT2D eigenvalue weighted by Crippen LogP contribution is -2.48. The number of nitrogens with zero attached hydrogens (tertiary/aromatic N) is 3. The first-order valence-corrected chi connectivity index (χ1v) is 11.5. The van der Waals surface area contributed by atoms with Gasteiger partial charge in [-0.05, 0) is 31.0 Å². The molecule has 0 radical (unpaired) electrons. The number of hydrogen-bond acceptors (Lipinski definition) is 4. The van der Waals surface area contributed by atoms with Crippen LogP contribution in [0.25, 0.3) is 0 Å². The van der Waals surface area contributed by atoms with Gasteiger partial charge in [-0.15, -0.1) is 24.0 Å². The minimum Gasteiger partial charge on any atom is -0.357 e. The van der Waals surface area contributed by atoms with Gasteiger partial charge in [0.25, 0.3) is 0 Å². The van der Waals surface area contributed by atoms with Crippen LogP contribution in [0.3, 0.4) is 0 Å². The van der Waals surface area contributed by atoms with Gasteiger partial charge in [-0.1, -0.05) is 19.1 Å². The third-order valence-electron chi connectivity index (χ3n) is 4.34. The predicted molar refractivity (Wildman–Crippen MR) is 126 cm³/mol.